The van der Waals surface area contributed by atoms with Crippen molar-refractivity contribution in [2.75, 3.05) is 5.32 Å². The molecule has 0 aliphatic carbocycles. The van der Waals surface area contributed by atoms with Crippen molar-refractivity contribution in [3.05, 3.63) is 53.9 Å². The fourth-order valence-electron chi connectivity index (χ4n) is 2.35. The van der Waals surface area contributed by atoms with Gasteiger partial charge in [-0.3, -0.25) is 10.3 Å². The molecule has 0 saturated heterocycles. The van der Waals surface area contributed by atoms with Gasteiger partial charge in [-0.05, 0) is 32.9 Å². The third-order valence-electron chi connectivity index (χ3n) is 3.36. The lowest BCUT2D eigenvalue weighted by Crippen LogP contribution is -2.27. The van der Waals surface area contributed by atoms with Crippen LogP contribution in [-0.4, -0.2) is 21.7 Å². The third-order valence-corrected chi connectivity index (χ3v) is 4.64. The number of thiazole rings is 1. The minimum absolute atomic E-state index is 0.469. The van der Waals surface area contributed by atoms with Crippen LogP contribution < -0.4 is 5.32 Å². The van der Waals surface area contributed by atoms with Gasteiger partial charge < -0.3 is 4.74 Å². The van der Waals surface area contributed by atoms with Crippen molar-refractivity contribution in [3.63, 3.8) is 0 Å². The fourth-order valence-corrected chi connectivity index (χ4v) is 3.43. The number of rotatable bonds is 3. The molecule has 3 rings (SSSR count). The first kappa shape index (κ1) is 18.4. The average molecular weight is 388 g/mol. The molecule has 1 amide bonds. The Morgan fingerprint density at radius 1 is 1.12 bits per heavy atom. The molecular weight excluding hydrogens is 370 g/mol. The Hall–Kier alpha value is -2.44. The maximum atomic E-state index is 11.9. The molecule has 0 fully saturated rings. The van der Waals surface area contributed by atoms with E-state index < -0.39 is 11.7 Å². The molecule has 26 heavy (non-hydrogen) atoms. The number of hydrogen-bond donors (Lipinski definition) is 1. The van der Waals surface area contributed by atoms with Crippen LogP contribution in [0.3, 0.4) is 0 Å². The van der Waals surface area contributed by atoms with Gasteiger partial charge in [0.15, 0.2) is 5.13 Å². The summed E-state index contributed by atoms with van der Waals surface area (Å²) in [5, 5.41) is 3.78. The highest BCUT2D eigenvalue weighted by atomic mass is 35.5. The molecule has 1 aromatic carbocycles. The number of aromatic nitrogens is 2. The van der Waals surface area contributed by atoms with E-state index in [-0.39, 0.29) is 0 Å². The first-order chi connectivity index (χ1) is 12.3. The number of anilines is 1. The van der Waals surface area contributed by atoms with E-state index in [9.17, 15) is 4.79 Å². The van der Waals surface area contributed by atoms with Gasteiger partial charge in [0.05, 0.1) is 4.88 Å². The van der Waals surface area contributed by atoms with E-state index in [4.69, 9.17) is 16.3 Å². The van der Waals surface area contributed by atoms with Gasteiger partial charge >= 0.3 is 6.09 Å². The van der Waals surface area contributed by atoms with Crippen LogP contribution in [0, 0.1) is 0 Å². The van der Waals surface area contributed by atoms with E-state index in [0.717, 1.165) is 21.6 Å². The maximum Gasteiger partial charge on any atom is 0.413 e. The van der Waals surface area contributed by atoms with E-state index in [1.807, 2.05) is 51.1 Å². The Kier molecular flexibility index (Phi) is 5.25. The minimum Gasteiger partial charge on any atom is -0.444 e. The lowest BCUT2D eigenvalue weighted by atomic mass is 10.0. The normalized spacial score (nSPS) is 11.2. The van der Waals surface area contributed by atoms with Gasteiger partial charge in [-0.1, -0.05) is 41.1 Å². The van der Waals surface area contributed by atoms with Gasteiger partial charge in [0.1, 0.15) is 5.60 Å². The van der Waals surface area contributed by atoms with Crippen molar-refractivity contribution in [3.8, 4) is 21.6 Å². The second-order valence-corrected chi connectivity index (χ2v) is 8.00. The molecule has 7 heteroatoms. The first-order valence-corrected chi connectivity index (χ1v) is 9.18. The average Bonchev–Trinajstić information content (AvgIpc) is 3.02. The summed E-state index contributed by atoms with van der Waals surface area (Å²) in [5.41, 5.74) is 2.19. The zero-order chi connectivity index (χ0) is 18.7. The number of pyridine rings is 1. The lowest BCUT2D eigenvalue weighted by Gasteiger charge is -2.18. The number of carbonyl (C=O) groups excluding carboxylic acids is 1. The summed E-state index contributed by atoms with van der Waals surface area (Å²) in [6, 6.07) is 9.51. The van der Waals surface area contributed by atoms with Crippen molar-refractivity contribution in [1.82, 2.24) is 9.97 Å². The molecule has 0 bridgehead atoms. The van der Waals surface area contributed by atoms with Gasteiger partial charge in [0.25, 0.3) is 0 Å². The van der Waals surface area contributed by atoms with E-state index in [1.165, 1.54) is 11.3 Å². The van der Waals surface area contributed by atoms with Gasteiger partial charge in [0, 0.05) is 40.3 Å². The predicted molar refractivity (Wildman–Crippen MR) is 106 cm³/mol. The summed E-state index contributed by atoms with van der Waals surface area (Å²) in [6.45, 7) is 5.44. The number of benzene rings is 1. The topological polar surface area (TPSA) is 64.1 Å². The van der Waals surface area contributed by atoms with Crippen LogP contribution in [0.15, 0.2) is 48.9 Å². The van der Waals surface area contributed by atoms with E-state index in [1.54, 1.807) is 18.6 Å². The Bertz CT molecular complexity index is 934. The third kappa shape index (κ3) is 4.39. The number of nitrogens with zero attached hydrogens (tertiary/aromatic N) is 2. The molecule has 0 aliphatic rings. The smallest absolute Gasteiger partial charge is 0.413 e. The first-order valence-electron chi connectivity index (χ1n) is 7.98. The fraction of sp³-hybridized carbons (Fsp3) is 0.211. The van der Waals surface area contributed by atoms with E-state index in [0.29, 0.717) is 10.2 Å². The zero-order valence-corrected chi connectivity index (χ0v) is 16.2. The molecule has 2 heterocycles. The van der Waals surface area contributed by atoms with Crippen molar-refractivity contribution < 1.29 is 9.53 Å². The molecule has 1 N–H and O–H groups in total. The van der Waals surface area contributed by atoms with E-state index >= 15 is 0 Å². The van der Waals surface area contributed by atoms with Crippen molar-refractivity contribution in [2.45, 2.75) is 26.4 Å². The number of hydrogen-bond acceptors (Lipinski definition) is 5. The van der Waals surface area contributed by atoms with Crippen LogP contribution in [-0.2, 0) is 4.74 Å². The van der Waals surface area contributed by atoms with Crippen LogP contribution in [0.2, 0.25) is 5.02 Å². The Labute approximate surface area is 161 Å². The zero-order valence-electron chi connectivity index (χ0n) is 14.6. The van der Waals surface area contributed by atoms with Crippen LogP contribution >= 0.6 is 22.9 Å². The van der Waals surface area contributed by atoms with Gasteiger partial charge in [-0.15, -0.1) is 0 Å². The van der Waals surface area contributed by atoms with Crippen LogP contribution in [0.1, 0.15) is 20.8 Å². The summed E-state index contributed by atoms with van der Waals surface area (Å²) >= 11 is 7.70. The molecule has 134 valence electrons. The van der Waals surface area contributed by atoms with Gasteiger partial charge in [0.2, 0.25) is 0 Å². The van der Waals surface area contributed by atoms with Crippen LogP contribution in [0.4, 0.5) is 9.93 Å². The van der Waals surface area contributed by atoms with Gasteiger partial charge in [-0.25, -0.2) is 9.78 Å². The monoisotopic (exact) mass is 387 g/mol. The summed E-state index contributed by atoms with van der Waals surface area (Å²) in [7, 11) is 0. The largest absolute Gasteiger partial charge is 0.444 e. The summed E-state index contributed by atoms with van der Waals surface area (Å²) in [6.07, 6.45) is 4.68. The highest BCUT2D eigenvalue weighted by molar-refractivity contribution is 7.19. The van der Waals surface area contributed by atoms with Gasteiger partial charge in [-0.2, -0.15) is 0 Å². The highest BCUT2D eigenvalue weighted by Gasteiger charge is 2.18. The van der Waals surface area contributed by atoms with Crippen molar-refractivity contribution >= 4 is 34.2 Å². The predicted octanol–water partition coefficient (Wildman–Crippen LogP) is 5.87. The molecule has 0 atom stereocenters. The lowest BCUT2D eigenvalue weighted by molar-refractivity contribution is 0.0636. The summed E-state index contributed by atoms with van der Waals surface area (Å²) in [4.78, 5) is 21.3. The number of amides is 1. The Balaban J connectivity index is 1.89. The highest BCUT2D eigenvalue weighted by Crippen LogP contribution is 2.38. The number of nitrogens with one attached hydrogen (secondary N) is 1. The standard InChI is InChI=1S/C19H18ClN3O2S/c1-19(2,3)25-18(24)23-17-22-11-16(26-17)13-8-9-21-10-14(13)12-6-4-5-7-15(12)20/h4-11H,1-3H3,(H,22,23,24). The second kappa shape index (κ2) is 7.43. The summed E-state index contributed by atoms with van der Waals surface area (Å²) in [5.74, 6) is 0. The molecular formula is C19H18ClN3O2S. The maximum absolute atomic E-state index is 11.9. The quantitative estimate of drug-likeness (QED) is 0.610. The second-order valence-electron chi connectivity index (χ2n) is 6.56. The Morgan fingerprint density at radius 2 is 1.88 bits per heavy atom. The molecule has 3 aromatic rings. The van der Waals surface area contributed by atoms with Crippen molar-refractivity contribution in [1.29, 1.82) is 0 Å². The molecule has 0 saturated carbocycles. The van der Waals surface area contributed by atoms with Crippen molar-refractivity contribution in [2.24, 2.45) is 0 Å². The SMILES string of the molecule is CC(C)(C)OC(=O)Nc1ncc(-c2ccncc2-c2ccccc2Cl)s1. The molecule has 0 aliphatic heterocycles. The molecule has 0 unspecified atom stereocenters. The number of ether oxygens (including phenoxy) is 1. The molecule has 0 spiro atoms. The Morgan fingerprint density at radius 3 is 2.62 bits per heavy atom. The number of carbonyl (C=O) groups is 1. The number of halogens is 1. The van der Waals surface area contributed by atoms with Crippen LogP contribution in [0.25, 0.3) is 21.6 Å². The van der Waals surface area contributed by atoms with Crippen LogP contribution in [0.5, 0.6) is 0 Å². The summed E-state index contributed by atoms with van der Waals surface area (Å²) < 4.78 is 5.25. The molecule has 2 aromatic heterocycles. The molecule has 5 nitrogen and oxygen atoms in total. The minimum atomic E-state index is -0.563. The molecule has 0 radical (unpaired) electrons. The van der Waals surface area contributed by atoms with E-state index in [2.05, 4.69) is 15.3 Å².